The molecule has 100 valence electrons. The summed E-state index contributed by atoms with van der Waals surface area (Å²) in [5, 5.41) is 8.67. The van der Waals surface area contributed by atoms with E-state index < -0.39 is 0 Å². The number of hydrogen-bond acceptors (Lipinski definition) is 3. The van der Waals surface area contributed by atoms with Gasteiger partial charge in [0.2, 0.25) is 0 Å². The molecular weight excluding hydrogens is 228 g/mol. The summed E-state index contributed by atoms with van der Waals surface area (Å²) in [6.07, 6.45) is 1.89. The molecule has 1 aliphatic rings. The summed E-state index contributed by atoms with van der Waals surface area (Å²) in [6, 6.07) is 8.14. The summed E-state index contributed by atoms with van der Waals surface area (Å²) in [6.45, 7) is 6.17. The van der Waals surface area contributed by atoms with Gasteiger partial charge in [-0.2, -0.15) is 0 Å². The number of unbranched alkanes of at least 4 members (excludes halogenated alkanes) is 1. The molecule has 0 saturated carbocycles. The Hall–Kier alpha value is -1.06. The van der Waals surface area contributed by atoms with Crippen molar-refractivity contribution in [2.75, 3.05) is 19.8 Å². The van der Waals surface area contributed by atoms with Gasteiger partial charge in [0, 0.05) is 12.0 Å². The van der Waals surface area contributed by atoms with Crippen LogP contribution < -0.4 is 4.74 Å². The predicted octanol–water partition coefficient (Wildman–Crippen LogP) is 2.94. The molecule has 0 aliphatic carbocycles. The highest BCUT2D eigenvalue weighted by molar-refractivity contribution is 5.30. The number of hydrogen-bond donors (Lipinski definition) is 1. The largest absolute Gasteiger partial charge is 0.494 e. The van der Waals surface area contributed by atoms with Gasteiger partial charge in [0.15, 0.2) is 0 Å². The molecule has 3 nitrogen and oxygen atoms in total. The van der Waals surface area contributed by atoms with Crippen LogP contribution in [-0.4, -0.2) is 24.9 Å². The van der Waals surface area contributed by atoms with E-state index in [0.717, 1.165) is 25.2 Å². The Morgan fingerprint density at radius 2 is 2.00 bits per heavy atom. The lowest BCUT2D eigenvalue weighted by atomic mass is 9.79. The van der Waals surface area contributed by atoms with Crippen LogP contribution in [0.5, 0.6) is 5.75 Å². The third kappa shape index (κ3) is 3.03. The molecule has 1 N–H and O–H groups in total. The van der Waals surface area contributed by atoms with Crippen molar-refractivity contribution >= 4 is 0 Å². The van der Waals surface area contributed by atoms with Crippen molar-refractivity contribution in [2.45, 2.75) is 32.8 Å². The molecular formula is C15H22O3. The van der Waals surface area contributed by atoms with Gasteiger partial charge in [-0.3, -0.25) is 0 Å². The molecule has 1 unspecified atom stereocenters. The maximum atomic E-state index is 8.67. The lowest BCUT2D eigenvalue weighted by Gasteiger charge is -2.44. The molecule has 1 heterocycles. The van der Waals surface area contributed by atoms with E-state index in [9.17, 15) is 0 Å². The zero-order valence-electron chi connectivity index (χ0n) is 11.2. The molecule has 2 rings (SSSR count). The van der Waals surface area contributed by atoms with Gasteiger partial charge in [-0.1, -0.05) is 26.0 Å². The molecule has 1 aromatic rings. The van der Waals surface area contributed by atoms with Gasteiger partial charge in [0.05, 0.1) is 19.3 Å². The first-order valence-electron chi connectivity index (χ1n) is 6.59. The van der Waals surface area contributed by atoms with Crippen LogP contribution in [0.4, 0.5) is 0 Å². The van der Waals surface area contributed by atoms with Gasteiger partial charge in [0.1, 0.15) is 5.75 Å². The molecule has 0 amide bonds. The highest BCUT2D eigenvalue weighted by atomic mass is 16.5. The van der Waals surface area contributed by atoms with Crippen LogP contribution in [0.3, 0.4) is 0 Å². The zero-order valence-corrected chi connectivity index (χ0v) is 11.2. The SMILES string of the molecule is CC1(C)COC1c1ccc(OCCCCO)cc1. The quantitative estimate of drug-likeness (QED) is 0.789. The molecule has 0 spiro atoms. The molecule has 3 heteroatoms. The normalized spacial score (nSPS) is 21.4. The first kappa shape index (κ1) is 13.4. The average molecular weight is 250 g/mol. The second-order valence-corrected chi connectivity index (χ2v) is 5.53. The Labute approximate surface area is 109 Å². The van der Waals surface area contributed by atoms with Crippen molar-refractivity contribution in [2.24, 2.45) is 5.41 Å². The van der Waals surface area contributed by atoms with E-state index in [-0.39, 0.29) is 18.1 Å². The summed E-state index contributed by atoms with van der Waals surface area (Å²) in [5.74, 6) is 0.883. The summed E-state index contributed by atoms with van der Waals surface area (Å²) < 4.78 is 11.2. The van der Waals surface area contributed by atoms with Gasteiger partial charge in [-0.25, -0.2) is 0 Å². The van der Waals surface area contributed by atoms with Crippen LogP contribution in [0.25, 0.3) is 0 Å². The van der Waals surface area contributed by atoms with E-state index >= 15 is 0 Å². The van der Waals surface area contributed by atoms with E-state index in [1.54, 1.807) is 0 Å². The molecule has 1 aliphatic heterocycles. The summed E-state index contributed by atoms with van der Waals surface area (Å²) in [5.41, 5.74) is 1.46. The van der Waals surface area contributed by atoms with Crippen molar-refractivity contribution in [3.63, 3.8) is 0 Å². The van der Waals surface area contributed by atoms with Crippen molar-refractivity contribution in [1.29, 1.82) is 0 Å². The molecule has 0 bridgehead atoms. The Bertz CT molecular complexity index is 370. The van der Waals surface area contributed by atoms with Crippen LogP contribution in [0, 0.1) is 5.41 Å². The Balaban J connectivity index is 1.86. The van der Waals surface area contributed by atoms with Crippen LogP contribution in [0.1, 0.15) is 38.4 Å². The Kier molecular flexibility index (Phi) is 4.25. The van der Waals surface area contributed by atoms with Crippen molar-refractivity contribution in [3.8, 4) is 5.75 Å². The van der Waals surface area contributed by atoms with Gasteiger partial charge < -0.3 is 14.6 Å². The Morgan fingerprint density at radius 1 is 1.28 bits per heavy atom. The number of aliphatic hydroxyl groups excluding tert-OH is 1. The maximum Gasteiger partial charge on any atom is 0.119 e. The van der Waals surface area contributed by atoms with Crippen molar-refractivity contribution in [1.82, 2.24) is 0 Å². The topological polar surface area (TPSA) is 38.7 Å². The van der Waals surface area contributed by atoms with E-state index in [2.05, 4.69) is 26.0 Å². The minimum atomic E-state index is 0.209. The van der Waals surface area contributed by atoms with Crippen LogP contribution in [-0.2, 0) is 4.74 Å². The maximum absolute atomic E-state index is 8.67. The predicted molar refractivity (Wildman–Crippen MR) is 70.7 cm³/mol. The number of benzene rings is 1. The molecule has 18 heavy (non-hydrogen) atoms. The first-order valence-corrected chi connectivity index (χ1v) is 6.59. The fourth-order valence-corrected chi connectivity index (χ4v) is 2.19. The second kappa shape index (κ2) is 5.72. The zero-order chi connectivity index (χ0) is 13.0. The molecule has 0 radical (unpaired) electrons. The lowest BCUT2D eigenvalue weighted by molar-refractivity contribution is -0.172. The van der Waals surface area contributed by atoms with E-state index in [4.69, 9.17) is 14.6 Å². The third-order valence-electron chi connectivity index (χ3n) is 3.34. The van der Waals surface area contributed by atoms with Gasteiger partial charge in [-0.15, -0.1) is 0 Å². The third-order valence-corrected chi connectivity index (χ3v) is 3.34. The van der Waals surface area contributed by atoms with Crippen LogP contribution in [0.2, 0.25) is 0 Å². The summed E-state index contributed by atoms with van der Waals surface area (Å²) in [4.78, 5) is 0. The summed E-state index contributed by atoms with van der Waals surface area (Å²) >= 11 is 0. The van der Waals surface area contributed by atoms with Crippen molar-refractivity contribution < 1.29 is 14.6 Å². The molecule has 1 saturated heterocycles. The van der Waals surface area contributed by atoms with Crippen molar-refractivity contribution in [3.05, 3.63) is 29.8 Å². The number of ether oxygens (including phenoxy) is 2. The molecule has 1 aromatic carbocycles. The van der Waals surface area contributed by atoms with Crippen LogP contribution in [0.15, 0.2) is 24.3 Å². The average Bonchev–Trinajstić information content (AvgIpc) is 2.35. The van der Waals surface area contributed by atoms with Gasteiger partial charge in [0.25, 0.3) is 0 Å². The fraction of sp³-hybridized carbons (Fsp3) is 0.600. The first-order chi connectivity index (χ1) is 8.63. The molecule has 1 fully saturated rings. The number of rotatable bonds is 6. The standard InChI is InChI=1S/C15H22O3/c1-15(2)11-18-14(15)12-5-7-13(8-6-12)17-10-4-3-9-16/h5-8,14,16H,3-4,9-11H2,1-2H3. The monoisotopic (exact) mass is 250 g/mol. The Morgan fingerprint density at radius 3 is 2.50 bits per heavy atom. The fourth-order valence-electron chi connectivity index (χ4n) is 2.19. The van der Waals surface area contributed by atoms with E-state index in [0.29, 0.717) is 6.61 Å². The highest BCUT2D eigenvalue weighted by Gasteiger charge is 2.40. The smallest absolute Gasteiger partial charge is 0.119 e. The lowest BCUT2D eigenvalue weighted by Crippen LogP contribution is -2.40. The van der Waals surface area contributed by atoms with Gasteiger partial charge in [-0.05, 0) is 30.5 Å². The second-order valence-electron chi connectivity index (χ2n) is 5.53. The number of aliphatic hydroxyl groups is 1. The van der Waals surface area contributed by atoms with Crippen LogP contribution >= 0.6 is 0 Å². The highest BCUT2D eigenvalue weighted by Crippen LogP contribution is 2.45. The molecule has 0 aromatic heterocycles. The minimum Gasteiger partial charge on any atom is -0.494 e. The minimum absolute atomic E-state index is 0.209. The van der Waals surface area contributed by atoms with Gasteiger partial charge >= 0.3 is 0 Å². The summed E-state index contributed by atoms with van der Waals surface area (Å²) in [7, 11) is 0. The van der Waals surface area contributed by atoms with E-state index in [1.165, 1.54) is 5.56 Å². The van der Waals surface area contributed by atoms with E-state index in [1.807, 2.05) is 12.1 Å². The molecule has 1 atom stereocenters.